The van der Waals surface area contributed by atoms with E-state index in [2.05, 4.69) is 10.1 Å². The van der Waals surface area contributed by atoms with Crippen molar-refractivity contribution in [2.24, 2.45) is 0 Å². The van der Waals surface area contributed by atoms with Crippen molar-refractivity contribution in [2.45, 2.75) is 6.92 Å². The fraction of sp³-hybridized carbons (Fsp3) is 0.0625. The fourth-order valence-corrected chi connectivity index (χ4v) is 2.01. The van der Waals surface area contributed by atoms with Crippen LogP contribution < -0.4 is 9.67 Å². The molecular weight excluding hydrogens is 266 g/mol. The van der Waals surface area contributed by atoms with Crippen LogP contribution in [0.3, 0.4) is 0 Å². The molecule has 5 nitrogen and oxygen atoms in total. The third-order valence-corrected chi connectivity index (χ3v) is 2.97. The third kappa shape index (κ3) is 2.67. The summed E-state index contributed by atoms with van der Waals surface area (Å²) in [5.41, 5.74) is 1.19. The number of benzene rings is 1. The minimum absolute atomic E-state index is 0.144. The molecular formula is C16H13N3O2. The van der Waals surface area contributed by atoms with Gasteiger partial charge in [-0.05, 0) is 6.92 Å². The second kappa shape index (κ2) is 5.58. The zero-order chi connectivity index (χ0) is 14.7. The monoisotopic (exact) mass is 279 g/mol. The van der Waals surface area contributed by atoms with Crippen molar-refractivity contribution in [3.63, 3.8) is 0 Å². The Balaban J connectivity index is 2.04. The summed E-state index contributed by atoms with van der Waals surface area (Å²) in [6.07, 6.45) is 3.53. The summed E-state index contributed by atoms with van der Waals surface area (Å²) < 4.78 is 6.93. The molecule has 0 amide bonds. The van der Waals surface area contributed by atoms with E-state index in [-0.39, 0.29) is 11.6 Å². The Morgan fingerprint density at radius 1 is 1.05 bits per heavy atom. The smallest absolute Gasteiger partial charge is 0.322 e. The van der Waals surface area contributed by atoms with Gasteiger partial charge in [-0.1, -0.05) is 47.3 Å². The molecule has 0 saturated heterocycles. The van der Waals surface area contributed by atoms with Crippen LogP contribution in [-0.4, -0.2) is 10.1 Å². The minimum Gasteiger partial charge on any atom is -0.871 e. The summed E-state index contributed by atoms with van der Waals surface area (Å²) in [5.74, 6) is 0.521. The average Bonchev–Trinajstić information content (AvgIpc) is 2.98. The van der Waals surface area contributed by atoms with Crippen molar-refractivity contribution in [3.8, 4) is 11.4 Å². The first-order chi connectivity index (χ1) is 10.3. The van der Waals surface area contributed by atoms with E-state index < -0.39 is 0 Å². The van der Waals surface area contributed by atoms with Gasteiger partial charge < -0.3 is 9.63 Å². The Labute approximate surface area is 121 Å². The van der Waals surface area contributed by atoms with Crippen LogP contribution in [0.1, 0.15) is 12.8 Å². The van der Waals surface area contributed by atoms with E-state index in [4.69, 9.17) is 4.52 Å². The van der Waals surface area contributed by atoms with Crippen LogP contribution >= 0.6 is 0 Å². The minimum atomic E-state index is -0.144. The van der Waals surface area contributed by atoms with Gasteiger partial charge in [-0.25, -0.2) is 0 Å². The van der Waals surface area contributed by atoms with Crippen LogP contribution in [0.4, 0.5) is 0 Å². The largest absolute Gasteiger partial charge is 0.871 e. The Hall–Kier alpha value is -2.95. The van der Waals surface area contributed by atoms with E-state index >= 15 is 0 Å². The molecule has 5 heteroatoms. The van der Waals surface area contributed by atoms with Crippen LogP contribution in [0.15, 0.2) is 71.2 Å². The number of pyridine rings is 1. The molecule has 0 aliphatic rings. The van der Waals surface area contributed by atoms with E-state index in [1.165, 1.54) is 6.92 Å². The summed E-state index contributed by atoms with van der Waals surface area (Å²) in [6, 6.07) is 15.0. The molecule has 0 aliphatic carbocycles. The quantitative estimate of drug-likeness (QED) is 0.540. The molecule has 2 aromatic heterocycles. The summed E-state index contributed by atoms with van der Waals surface area (Å²) in [7, 11) is 0. The zero-order valence-electron chi connectivity index (χ0n) is 11.4. The molecule has 104 valence electrons. The molecule has 3 rings (SSSR count). The van der Waals surface area contributed by atoms with Gasteiger partial charge in [-0.3, -0.25) is 0 Å². The van der Waals surface area contributed by atoms with Crippen LogP contribution in [0, 0.1) is 0 Å². The summed E-state index contributed by atoms with van der Waals surface area (Å²) >= 11 is 0. The van der Waals surface area contributed by atoms with Crippen LogP contribution in [0.2, 0.25) is 0 Å². The van der Waals surface area contributed by atoms with Gasteiger partial charge >= 0.3 is 5.89 Å². The second-order valence-corrected chi connectivity index (χ2v) is 4.48. The van der Waals surface area contributed by atoms with Gasteiger partial charge in [-0.2, -0.15) is 9.55 Å². The first kappa shape index (κ1) is 13.1. The predicted octanol–water partition coefficient (Wildman–Crippen LogP) is 1.62. The molecule has 21 heavy (non-hydrogen) atoms. The Bertz CT molecular complexity index is 760. The van der Waals surface area contributed by atoms with Gasteiger partial charge in [0.2, 0.25) is 5.82 Å². The lowest BCUT2D eigenvalue weighted by Gasteiger charge is -2.05. The topological polar surface area (TPSA) is 65.9 Å². The lowest BCUT2D eigenvalue weighted by molar-refractivity contribution is -0.585. The molecule has 0 atom stereocenters. The number of rotatable bonds is 3. The molecule has 0 spiro atoms. The van der Waals surface area contributed by atoms with Crippen LogP contribution in [-0.2, 0) is 0 Å². The molecule has 0 N–H and O–H groups in total. The molecule has 0 fully saturated rings. The Morgan fingerprint density at radius 3 is 2.38 bits per heavy atom. The number of aromatic nitrogens is 3. The van der Waals surface area contributed by atoms with Crippen LogP contribution in [0.5, 0.6) is 0 Å². The van der Waals surface area contributed by atoms with Crippen molar-refractivity contribution >= 4 is 5.70 Å². The highest BCUT2D eigenvalue weighted by Crippen LogP contribution is 2.18. The van der Waals surface area contributed by atoms with E-state index in [0.717, 1.165) is 5.56 Å². The van der Waals surface area contributed by atoms with E-state index in [9.17, 15) is 5.11 Å². The lowest BCUT2D eigenvalue weighted by atomic mass is 10.2. The fourth-order valence-electron chi connectivity index (χ4n) is 2.01. The van der Waals surface area contributed by atoms with Gasteiger partial charge in [0.25, 0.3) is 5.70 Å². The van der Waals surface area contributed by atoms with Gasteiger partial charge in [-0.15, -0.1) is 0 Å². The summed E-state index contributed by atoms with van der Waals surface area (Å²) in [6.45, 7) is 1.47. The molecule has 0 aliphatic heterocycles. The Morgan fingerprint density at radius 2 is 1.71 bits per heavy atom. The third-order valence-electron chi connectivity index (χ3n) is 2.97. The number of hydrogen-bond donors (Lipinski definition) is 0. The van der Waals surface area contributed by atoms with Crippen molar-refractivity contribution in [1.82, 2.24) is 10.1 Å². The zero-order valence-corrected chi connectivity index (χ0v) is 11.4. The standard InChI is InChI=1S/C16H13N3O2/c1-12(20)14(19-10-6-3-7-11-19)16-17-15(18-21-16)13-8-4-2-5-9-13/h2-11H,1H3. The maximum Gasteiger partial charge on any atom is 0.322 e. The van der Waals surface area contributed by atoms with Crippen molar-refractivity contribution in [3.05, 3.63) is 72.6 Å². The number of allylic oxidation sites excluding steroid dienone is 1. The maximum atomic E-state index is 11.9. The molecule has 0 radical (unpaired) electrons. The molecule has 2 heterocycles. The number of hydrogen-bond acceptors (Lipinski definition) is 4. The Kier molecular flexibility index (Phi) is 3.47. The van der Waals surface area contributed by atoms with E-state index in [0.29, 0.717) is 11.5 Å². The van der Waals surface area contributed by atoms with Gasteiger partial charge in [0, 0.05) is 17.7 Å². The van der Waals surface area contributed by atoms with Crippen molar-refractivity contribution in [1.29, 1.82) is 0 Å². The predicted molar refractivity (Wildman–Crippen MR) is 74.4 cm³/mol. The van der Waals surface area contributed by atoms with E-state index in [1.54, 1.807) is 17.0 Å². The molecule has 0 unspecified atom stereocenters. The van der Waals surface area contributed by atoms with Crippen molar-refractivity contribution in [2.75, 3.05) is 0 Å². The average molecular weight is 279 g/mol. The normalized spacial score (nSPS) is 12.0. The highest BCUT2D eigenvalue weighted by molar-refractivity contribution is 5.57. The second-order valence-electron chi connectivity index (χ2n) is 4.48. The number of nitrogens with zero attached hydrogens (tertiary/aromatic N) is 3. The maximum absolute atomic E-state index is 11.9. The van der Waals surface area contributed by atoms with Crippen molar-refractivity contribution < 1.29 is 14.2 Å². The highest BCUT2D eigenvalue weighted by Gasteiger charge is 2.20. The first-order valence-corrected chi connectivity index (χ1v) is 6.50. The SMILES string of the molecule is CC([O-])=C(c1nc(-c2ccccc2)no1)[n+]1ccccc1. The summed E-state index contributed by atoms with van der Waals surface area (Å²) in [4.78, 5) is 4.32. The molecule has 1 aromatic carbocycles. The van der Waals surface area contributed by atoms with Gasteiger partial charge in [0.05, 0.1) is 0 Å². The van der Waals surface area contributed by atoms with Gasteiger partial charge in [0.15, 0.2) is 12.4 Å². The molecule has 0 bridgehead atoms. The van der Waals surface area contributed by atoms with E-state index in [1.807, 2.05) is 48.5 Å². The molecule has 3 aromatic rings. The molecule has 0 saturated carbocycles. The first-order valence-electron chi connectivity index (χ1n) is 6.50. The highest BCUT2D eigenvalue weighted by atomic mass is 16.5. The van der Waals surface area contributed by atoms with Gasteiger partial charge in [0.1, 0.15) is 0 Å². The summed E-state index contributed by atoms with van der Waals surface area (Å²) in [5, 5.41) is 15.8. The van der Waals surface area contributed by atoms with Crippen LogP contribution in [0.25, 0.3) is 17.1 Å². The lowest BCUT2D eigenvalue weighted by Crippen LogP contribution is -2.34.